The largest absolute Gasteiger partial charge is 0.493 e. The molecule has 4 heteroatoms. The zero-order valence-electron chi connectivity index (χ0n) is 12.5. The van der Waals surface area contributed by atoms with Crippen LogP contribution < -0.4 is 14.8 Å². The Morgan fingerprint density at radius 1 is 1.20 bits per heavy atom. The molecule has 0 heterocycles. The molecule has 1 N–H and O–H groups in total. The predicted molar refractivity (Wildman–Crippen MR) is 82.9 cm³/mol. The number of hydrogen-bond acceptors (Lipinski definition) is 3. The normalized spacial score (nSPS) is 17.2. The Kier molecular flexibility index (Phi) is 5.55. The molecule has 0 amide bonds. The van der Waals surface area contributed by atoms with Crippen LogP contribution in [-0.4, -0.2) is 20.8 Å². The summed E-state index contributed by atoms with van der Waals surface area (Å²) in [5.41, 5.74) is 1.12. The van der Waals surface area contributed by atoms with Crippen LogP contribution in [0.1, 0.15) is 44.2 Å². The van der Waals surface area contributed by atoms with E-state index in [0.29, 0.717) is 17.7 Å². The minimum absolute atomic E-state index is 0.301. The Balaban J connectivity index is 2.36. The molecular weight excluding hydrogens is 274 g/mol. The summed E-state index contributed by atoms with van der Waals surface area (Å²) in [5, 5.41) is 4.34. The molecule has 3 nitrogen and oxygen atoms in total. The van der Waals surface area contributed by atoms with Gasteiger partial charge in [0.05, 0.1) is 14.2 Å². The molecule has 0 aromatic heterocycles. The molecule has 1 aliphatic carbocycles. The van der Waals surface area contributed by atoms with Gasteiger partial charge in [0.1, 0.15) is 0 Å². The summed E-state index contributed by atoms with van der Waals surface area (Å²) in [4.78, 5) is 0. The first-order valence-electron chi connectivity index (χ1n) is 7.36. The second kappa shape index (κ2) is 7.19. The monoisotopic (exact) mass is 297 g/mol. The highest BCUT2D eigenvalue weighted by Crippen LogP contribution is 2.42. The fourth-order valence-electron chi connectivity index (χ4n) is 3.15. The first kappa shape index (κ1) is 15.5. The van der Waals surface area contributed by atoms with Crippen molar-refractivity contribution in [1.82, 2.24) is 5.32 Å². The van der Waals surface area contributed by atoms with Gasteiger partial charge >= 0.3 is 0 Å². The first-order chi connectivity index (χ1) is 9.71. The molecule has 1 aliphatic rings. The summed E-state index contributed by atoms with van der Waals surface area (Å²) in [5.74, 6) is 2.08. The van der Waals surface area contributed by atoms with Crippen LogP contribution in [0.4, 0.5) is 0 Å². The SMILES string of the molecule is CCNC(c1cc(OC)c(OC)cc1Cl)C1CCCC1. The van der Waals surface area contributed by atoms with Gasteiger partial charge in [-0.25, -0.2) is 0 Å². The molecule has 1 saturated carbocycles. The van der Waals surface area contributed by atoms with Crippen LogP contribution in [-0.2, 0) is 0 Å². The van der Waals surface area contributed by atoms with Gasteiger partial charge in [0.25, 0.3) is 0 Å². The van der Waals surface area contributed by atoms with Crippen molar-refractivity contribution in [2.24, 2.45) is 5.92 Å². The van der Waals surface area contributed by atoms with Crippen molar-refractivity contribution in [2.75, 3.05) is 20.8 Å². The van der Waals surface area contributed by atoms with Gasteiger partial charge in [0.15, 0.2) is 11.5 Å². The van der Waals surface area contributed by atoms with Gasteiger partial charge in [-0.05, 0) is 36.9 Å². The van der Waals surface area contributed by atoms with Gasteiger partial charge < -0.3 is 14.8 Å². The van der Waals surface area contributed by atoms with Crippen molar-refractivity contribution in [3.63, 3.8) is 0 Å². The summed E-state index contributed by atoms with van der Waals surface area (Å²) in [6.45, 7) is 3.07. The number of nitrogens with one attached hydrogen (secondary N) is 1. The maximum Gasteiger partial charge on any atom is 0.162 e. The van der Waals surface area contributed by atoms with Gasteiger partial charge in [0.2, 0.25) is 0 Å². The standard InChI is InChI=1S/C16H24ClNO2/c1-4-18-16(11-7-5-6-8-11)12-9-14(19-2)15(20-3)10-13(12)17/h9-11,16,18H,4-8H2,1-3H3. The van der Waals surface area contributed by atoms with Crippen molar-refractivity contribution in [3.8, 4) is 11.5 Å². The first-order valence-corrected chi connectivity index (χ1v) is 7.73. The average molecular weight is 298 g/mol. The number of halogens is 1. The fourth-order valence-corrected chi connectivity index (χ4v) is 3.42. The van der Waals surface area contributed by atoms with Crippen LogP contribution in [0.25, 0.3) is 0 Å². The minimum Gasteiger partial charge on any atom is -0.493 e. The van der Waals surface area contributed by atoms with E-state index in [1.807, 2.05) is 12.1 Å². The van der Waals surface area contributed by atoms with Crippen molar-refractivity contribution < 1.29 is 9.47 Å². The van der Waals surface area contributed by atoms with Crippen molar-refractivity contribution in [3.05, 3.63) is 22.7 Å². The van der Waals surface area contributed by atoms with Crippen molar-refractivity contribution in [1.29, 1.82) is 0 Å². The molecule has 20 heavy (non-hydrogen) atoms. The molecule has 1 unspecified atom stereocenters. The Hall–Kier alpha value is -0.930. The third kappa shape index (κ3) is 3.21. The Morgan fingerprint density at radius 2 is 1.80 bits per heavy atom. The predicted octanol–water partition coefficient (Wildman–Crippen LogP) is 4.20. The van der Waals surface area contributed by atoms with E-state index in [4.69, 9.17) is 21.1 Å². The molecule has 0 aliphatic heterocycles. The lowest BCUT2D eigenvalue weighted by Crippen LogP contribution is -2.27. The van der Waals surface area contributed by atoms with E-state index in [9.17, 15) is 0 Å². The summed E-state index contributed by atoms with van der Waals surface area (Å²) in [7, 11) is 3.29. The fraction of sp³-hybridized carbons (Fsp3) is 0.625. The van der Waals surface area contributed by atoms with Gasteiger partial charge in [-0.3, -0.25) is 0 Å². The molecule has 0 spiro atoms. The van der Waals surface area contributed by atoms with E-state index in [2.05, 4.69) is 12.2 Å². The van der Waals surface area contributed by atoms with Crippen molar-refractivity contribution >= 4 is 11.6 Å². The third-order valence-electron chi connectivity index (χ3n) is 4.13. The highest BCUT2D eigenvalue weighted by atomic mass is 35.5. The zero-order valence-corrected chi connectivity index (χ0v) is 13.3. The highest BCUT2D eigenvalue weighted by molar-refractivity contribution is 6.31. The lowest BCUT2D eigenvalue weighted by molar-refractivity contribution is 0.348. The summed E-state index contributed by atoms with van der Waals surface area (Å²) < 4.78 is 10.7. The molecule has 1 aromatic carbocycles. The Morgan fingerprint density at radius 3 is 2.35 bits per heavy atom. The Bertz CT molecular complexity index is 444. The Labute approximate surface area is 126 Å². The van der Waals surface area contributed by atoms with Crippen LogP contribution in [0.2, 0.25) is 5.02 Å². The number of rotatable bonds is 6. The molecule has 0 radical (unpaired) electrons. The minimum atomic E-state index is 0.301. The van der Waals surface area contributed by atoms with Crippen molar-refractivity contribution in [2.45, 2.75) is 38.6 Å². The van der Waals surface area contributed by atoms with E-state index in [1.54, 1.807) is 14.2 Å². The highest BCUT2D eigenvalue weighted by Gasteiger charge is 2.28. The molecule has 112 valence electrons. The van der Waals surface area contributed by atoms with E-state index >= 15 is 0 Å². The molecule has 0 saturated heterocycles. The average Bonchev–Trinajstić information content (AvgIpc) is 2.98. The molecule has 1 aromatic rings. The molecular formula is C16H24ClNO2. The summed E-state index contributed by atoms with van der Waals surface area (Å²) in [6, 6.07) is 4.18. The van der Waals surface area contributed by atoms with E-state index in [1.165, 1.54) is 25.7 Å². The number of benzene rings is 1. The van der Waals surface area contributed by atoms with Gasteiger partial charge in [-0.1, -0.05) is 31.4 Å². The van der Waals surface area contributed by atoms with Crippen LogP contribution >= 0.6 is 11.6 Å². The van der Waals surface area contributed by atoms with Gasteiger partial charge in [0, 0.05) is 17.1 Å². The lowest BCUT2D eigenvalue weighted by atomic mass is 9.91. The van der Waals surface area contributed by atoms with E-state index in [-0.39, 0.29) is 0 Å². The second-order valence-electron chi connectivity index (χ2n) is 5.31. The van der Waals surface area contributed by atoms with Crippen LogP contribution in [0.15, 0.2) is 12.1 Å². The van der Waals surface area contributed by atoms with E-state index < -0.39 is 0 Å². The topological polar surface area (TPSA) is 30.5 Å². The number of hydrogen-bond donors (Lipinski definition) is 1. The number of ether oxygens (including phenoxy) is 2. The van der Waals surface area contributed by atoms with Crippen LogP contribution in [0, 0.1) is 5.92 Å². The van der Waals surface area contributed by atoms with Crippen LogP contribution in [0.3, 0.4) is 0 Å². The van der Waals surface area contributed by atoms with Gasteiger partial charge in [-0.15, -0.1) is 0 Å². The third-order valence-corrected chi connectivity index (χ3v) is 4.46. The lowest BCUT2D eigenvalue weighted by Gasteiger charge is -2.26. The summed E-state index contributed by atoms with van der Waals surface area (Å²) in [6.07, 6.45) is 5.17. The van der Waals surface area contributed by atoms with E-state index in [0.717, 1.165) is 22.9 Å². The number of methoxy groups -OCH3 is 2. The maximum atomic E-state index is 6.47. The van der Waals surface area contributed by atoms with Crippen LogP contribution in [0.5, 0.6) is 11.5 Å². The quantitative estimate of drug-likeness (QED) is 0.853. The van der Waals surface area contributed by atoms with Gasteiger partial charge in [-0.2, -0.15) is 0 Å². The molecule has 2 rings (SSSR count). The summed E-state index contributed by atoms with van der Waals surface area (Å²) >= 11 is 6.47. The molecule has 1 atom stereocenters. The maximum absolute atomic E-state index is 6.47. The molecule has 0 bridgehead atoms. The molecule has 1 fully saturated rings. The smallest absolute Gasteiger partial charge is 0.162 e. The second-order valence-corrected chi connectivity index (χ2v) is 5.72. The zero-order chi connectivity index (χ0) is 14.5.